The van der Waals surface area contributed by atoms with Gasteiger partial charge in [0.15, 0.2) is 0 Å². The summed E-state index contributed by atoms with van der Waals surface area (Å²) in [5, 5.41) is 10.1. The van der Waals surface area contributed by atoms with E-state index in [0.29, 0.717) is 10.7 Å². The van der Waals surface area contributed by atoms with Crippen molar-refractivity contribution in [1.29, 1.82) is 0 Å². The fraction of sp³-hybridized carbons (Fsp3) is 0. The smallest absolute Gasteiger partial charge is 0.276 e. The second-order valence-corrected chi connectivity index (χ2v) is 5.45. The molecule has 3 heterocycles. The number of carbonyl (C=O) groups excluding carboxylic acids is 1. The van der Waals surface area contributed by atoms with Gasteiger partial charge in [0.2, 0.25) is 0 Å². The summed E-state index contributed by atoms with van der Waals surface area (Å²) >= 11 is 1.39. The average Bonchev–Trinajstić information content (AvgIpc) is 2.57. The zero-order valence-electron chi connectivity index (χ0n) is 11.8. The summed E-state index contributed by atoms with van der Waals surface area (Å²) in [7, 11) is 0. The molecular weight excluding hydrogens is 314 g/mol. The molecule has 0 aliphatic heterocycles. The summed E-state index contributed by atoms with van der Waals surface area (Å²) in [4.78, 5) is 31.5. The molecule has 3 aromatic rings. The molecule has 8 heteroatoms. The maximum atomic E-state index is 12.1. The Labute approximate surface area is 135 Å². The highest BCUT2D eigenvalue weighted by Crippen LogP contribution is 2.25. The number of nitrogens with zero attached hydrogens (tertiary/aromatic N) is 3. The monoisotopic (exact) mass is 325 g/mol. The molecule has 0 bridgehead atoms. The highest BCUT2D eigenvalue weighted by molar-refractivity contribution is 7.99. The van der Waals surface area contributed by atoms with E-state index in [1.807, 2.05) is 18.2 Å². The first-order valence-electron chi connectivity index (χ1n) is 6.63. The van der Waals surface area contributed by atoms with E-state index in [1.54, 1.807) is 24.5 Å². The topological polar surface area (TPSA) is 101 Å². The van der Waals surface area contributed by atoms with Crippen LogP contribution in [-0.4, -0.2) is 26.1 Å². The third-order valence-corrected chi connectivity index (χ3v) is 3.63. The molecule has 0 saturated heterocycles. The predicted molar refractivity (Wildman–Crippen MR) is 85.4 cm³/mol. The molecule has 1 amide bonds. The van der Waals surface area contributed by atoms with Crippen LogP contribution in [0.4, 0.5) is 5.69 Å². The number of rotatable bonds is 4. The lowest BCUT2D eigenvalue weighted by Gasteiger charge is -2.06. The van der Waals surface area contributed by atoms with Crippen molar-refractivity contribution in [3.8, 4) is 0 Å². The van der Waals surface area contributed by atoms with Gasteiger partial charge in [-0.2, -0.15) is 5.10 Å². The minimum atomic E-state index is -0.416. The Balaban J connectivity index is 1.73. The van der Waals surface area contributed by atoms with Crippen LogP contribution in [0.15, 0.2) is 69.7 Å². The van der Waals surface area contributed by atoms with Gasteiger partial charge in [0.1, 0.15) is 15.7 Å². The van der Waals surface area contributed by atoms with Crippen LogP contribution in [0, 0.1) is 0 Å². The number of aromatic nitrogens is 4. The summed E-state index contributed by atoms with van der Waals surface area (Å²) in [5.74, 6) is -0.416. The fourth-order valence-corrected chi connectivity index (χ4v) is 2.50. The van der Waals surface area contributed by atoms with Gasteiger partial charge in [-0.05, 0) is 30.3 Å². The Kier molecular flexibility index (Phi) is 4.44. The number of H-pyrrole nitrogens is 1. The van der Waals surface area contributed by atoms with Crippen molar-refractivity contribution >= 4 is 23.4 Å². The van der Waals surface area contributed by atoms with Gasteiger partial charge in [0, 0.05) is 24.1 Å². The Morgan fingerprint density at radius 3 is 2.65 bits per heavy atom. The van der Waals surface area contributed by atoms with Crippen molar-refractivity contribution < 1.29 is 4.79 Å². The number of anilines is 1. The van der Waals surface area contributed by atoms with Crippen LogP contribution >= 0.6 is 11.8 Å². The summed E-state index contributed by atoms with van der Waals surface area (Å²) in [6, 6.07) is 11.6. The van der Waals surface area contributed by atoms with Gasteiger partial charge in [-0.1, -0.05) is 17.8 Å². The van der Waals surface area contributed by atoms with Crippen LogP contribution in [0.2, 0.25) is 0 Å². The summed E-state index contributed by atoms with van der Waals surface area (Å²) in [6.45, 7) is 0. The summed E-state index contributed by atoms with van der Waals surface area (Å²) in [5.41, 5.74) is 0.344. The van der Waals surface area contributed by atoms with E-state index in [0.717, 1.165) is 5.03 Å². The molecule has 0 aliphatic carbocycles. The molecule has 3 aromatic heterocycles. The maximum Gasteiger partial charge on any atom is 0.276 e. The molecule has 0 aromatic carbocycles. The Morgan fingerprint density at radius 1 is 1.04 bits per heavy atom. The number of aromatic amines is 1. The van der Waals surface area contributed by atoms with Crippen LogP contribution in [0.3, 0.4) is 0 Å². The molecule has 114 valence electrons. The van der Waals surface area contributed by atoms with Gasteiger partial charge in [0.05, 0.1) is 0 Å². The zero-order chi connectivity index (χ0) is 16.1. The van der Waals surface area contributed by atoms with Crippen LogP contribution in [-0.2, 0) is 0 Å². The Morgan fingerprint density at radius 2 is 1.91 bits per heavy atom. The Hall–Kier alpha value is -3.00. The van der Waals surface area contributed by atoms with Crippen molar-refractivity contribution in [1.82, 2.24) is 20.2 Å². The standard InChI is InChI=1S/C15H11N5O2S/c21-12-5-4-11(19-20-12)15(22)18-10-6-8-17-14(9-10)23-13-3-1-2-7-16-13/h1-9H,(H,20,21)(H,17,18,22). The van der Waals surface area contributed by atoms with Crippen LogP contribution in [0.1, 0.15) is 10.5 Å². The number of amides is 1. The lowest BCUT2D eigenvalue weighted by molar-refractivity contribution is 0.102. The van der Waals surface area contributed by atoms with Gasteiger partial charge >= 0.3 is 0 Å². The van der Waals surface area contributed by atoms with Gasteiger partial charge < -0.3 is 5.32 Å². The zero-order valence-corrected chi connectivity index (χ0v) is 12.6. The Bertz CT molecular complexity index is 862. The molecular formula is C15H11N5O2S. The molecule has 2 N–H and O–H groups in total. The normalized spacial score (nSPS) is 10.3. The maximum absolute atomic E-state index is 12.1. The summed E-state index contributed by atoms with van der Waals surface area (Å²) < 4.78 is 0. The lowest BCUT2D eigenvalue weighted by atomic mass is 10.3. The molecule has 0 unspecified atom stereocenters. The highest BCUT2D eigenvalue weighted by Gasteiger charge is 2.09. The van der Waals surface area contributed by atoms with Gasteiger partial charge in [0.25, 0.3) is 11.5 Å². The highest BCUT2D eigenvalue weighted by atomic mass is 32.2. The van der Waals surface area contributed by atoms with Crippen molar-refractivity contribution in [2.24, 2.45) is 0 Å². The number of hydrogen-bond acceptors (Lipinski definition) is 6. The van der Waals surface area contributed by atoms with Crippen molar-refractivity contribution in [2.45, 2.75) is 10.1 Å². The second-order valence-electron chi connectivity index (χ2n) is 4.41. The molecule has 0 aliphatic rings. The molecule has 7 nitrogen and oxygen atoms in total. The molecule has 23 heavy (non-hydrogen) atoms. The van der Waals surface area contributed by atoms with E-state index in [2.05, 4.69) is 25.5 Å². The van der Waals surface area contributed by atoms with Crippen molar-refractivity contribution in [3.05, 3.63) is 70.9 Å². The van der Waals surface area contributed by atoms with E-state index in [4.69, 9.17) is 0 Å². The third kappa shape index (κ3) is 4.01. The molecule has 0 atom stereocenters. The van der Waals surface area contributed by atoms with Crippen molar-refractivity contribution in [3.63, 3.8) is 0 Å². The van der Waals surface area contributed by atoms with Gasteiger partial charge in [-0.3, -0.25) is 9.59 Å². The van der Waals surface area contributed by atoms with Crippen LogP contribution in [0.5, 0.6) is 0 Å². The molecule has 0 fully saturated rings. The number of hydrogen-bond donors (Lipinski definition) is 2. The number of pyridine rings is 2. The van der Waals surface area contributed by atoms with E-state index in [1.165, 1.54) is 23.9 Å². The average molecular weight is 325 g/mol. The SMILES string of the molecule is O=C(Nc1ccnc(Sc2ccccn2)c1)c1ccc(=O)[nH]n1. The van der Waals surface area contributed by atoms with E-state index in [9.17, 15) is 9.59 Å². The van der Waals surface area contributed by atoms with E-state index >= 15 is 0 Å². The molecule has 0 radical (unpaired) electrons. The summed E-state index contributed by atoms with van der Waals surface area (Å²) in [6.07, 6.45) is 3.30. The molecule has 3 rings (SSSR count). The van der Waals surface area contributed by atoms with E-state index < -0.39 is 5.91 Å². The number of nitrogens with one attached hydrogen (secondary N) is 2. The minimum Gasteiger partial charge on any atom is -0.320 e. The first kappa shape index (κ1) is 14.9. The minimum absolute atomic E-state index is 0.125. The second kappa shape index (κ2) is 6.84. The first-order chi connectivity index (χ1) is 11.2. The predicted octanol–water partition coefficient (Wildman–Crippen LogP) is 1.96. The largest absolute Gasteiger partial charge is 0.320 e. The molecule has 0 spiro atoms. The van der Waals surface area contributed by atoms with E-state index in [-0.39, 0.29) is 11.3 Å². The quantitative estimate of drug-likeness (QED) is 0.760. The first-order valence-corrected chi connectivity index (χ1v) is 7.44. The van der Waals surface area contributed by atoms with Crippen LogP contribution in [0.25, 0.3) is 0 Å². The fourth-order valence-electron chi connectivity index (χ4n) is 1.72. The number of carbonyl (C=O) groups is 1. The molecule has 0 saturated carbocycles. The van der Waals surface area contributed by atoms with Crippen molar-refractivity contribution in [2.75, 3.05) is 5.32 Å². The van der Waals surface area contributed by atoms with Gasteiger partial charge in [-0.25, -0.2) is 15.1 Å². The lowest BCUT2D eigenvalue weighted by Crippen LogP contribution is -2.17. The van der Waals surface area contributed by atoms with Gasteiger partial charge in [-0.15, -0.1) is 0 Å². The third-order valence-electron chi connectivity index (χ3n) is 2.75. The van der Waals surface area contributed by atoms with Crippen LogP contribution < -0.4 is 10.9 Å².